The summed E-state index contributed by atoms with van der Waals surface area (Å²) in [5.41, 5.74) is 4.99. The third-order valence-electron chi connectivity index (χ3n) is 5.48. The summed E-state index contributed by atoms with van der Waals surface area (Å²) in [6, 6.07) is 15.7. The van der Waals surface area contributed by atoms with Gasteiger partial charge in [0.15, 0.2) is 0 Å². The molecule has 2 N–H and O–H groups in total. The van der Waals surface area contributed by atoms with Gasteiger partial charge in [0.05, 0.1) is 5.92 Å². The molecule has 5 heteroatoms. The van der Waals surface area contributed by atoms with Gasteiger partial charge in [-0.15, -0.1) is 0 Å². The van der Waals surface area contributed by atoms with Gasteiger partial charge in [0.25, 0.3) is 5.91 Å². The highest BCUT2D eigenvalue weighted by atomic mass is 16.2. The van der Waals surface area contributed by atoms with Crippen LogP contribution in [0.2, 0.25) is 0 Å². The van der Waals surface area contributed by atoms with E-state index in [9.17, 15) is 9.59 Å². The van der Waals surface area contributed by atoms with E-state index in [0.29, 0.717) is 12.1 Å². The molecule has 1 aliphatic rings. The van der Waals surface area contributed by atoms with Crippen LogP contribution in [0.4, 0.5) is 0 Å². The maximum atomic E-state index is 12.9. The molecule has 2 amide bonds. The van der Waals surface area contributed by atoms with Crippen molar-refractivity contribution in [3.8, 4) is 0 Å². The lowest BCUT2D eigenvalue weighted by Crippen LogP contribution is -2.31. The Morgan fingerprint density at radius 3 is 2.79 bits per heavy atom. The van der Waals surface area contributed by atoms with Crippen LogP contribution in [0.1, 0.15) is 45.9 Å². The largest absolute Gasteiger partial charge is 0.357 e. The number of H-pyrrole nitrogens is 1. The fourth-order valence-electron chi connectivity index (χ4n) is 4.06. The lowest BCUT2D eigenvalue weighted by molar-refractivity contribution is -0.123. The molecule has 0 saturated carbocycles. The summed E-state index contributed by atoms with van der Waals surface area (Å²) in [5, 5.41) is 4.29. The fourth-order valence-corrected chi connectivity index (χ4v) is 4.06. The van der Waals surface area contributed by atoms with E-state index in [0.717, 1.165) is 36.0 Å². The number of aromatic amines is 1. The van der Waals surface area contributed by atoms with Crippen molar-refractivity contribution in [2.24, 2.45) is 0 Å². The van der Waals surface area contributed by atoms with E-state index in [-0.39, 0.29) is 17.7 Å². The monoisotopic (exact) mass is 375 g/mol. The first-order valence-electron chi connectivity index (χ1n) is 9.72. The number of hydrogen-bond donors (Lipinski definition) is 2. The highest BCUT2D eigenvalue weighted by Gasteiger charge is 2.29. The molecule has 5 nitrogen and oxygen atoms in total. The Labute approximate surface area is 164 Å². The molecule has 0 aliphatic heterocycles. The molecule has 3 aromatic rings. The van der Waals surface area contributed by atoms with Crippen LogP contribution in [0.25, 0.3) is 10.9 Å². The number of amides is 2. The maximum absolute atomic E-state index is 12.9. The number of fused-ring (bicyclic) bond motifs is 3. The average Bonchev–Trinajstić information content (AvgIpc) is 3.10. The summed E-state index contributed by atoms with van der Waals surface area (Å²) >= 11 is 0. The van der Waals surface area contributed by atoms with E-state index in [1.165, 1.54) is 10.9 Å². The predicted octanol–water partition coefficient (Wildman–Crippen LogP) is 3.61. The van der Waals surface area contributed by atoms with Gasteiger partial charge in [0.2, 0.25) is 5.91 Å². The van der Waals surface area contributed by atoms with Crippen LogP contribution >= 0.6 is 0 Å². The molecule has 0 fully saturated rings. The van der Waals surface area contributed by atoms with Gasteiger partial charge in [0, 0.05) is 42.8 Å². The minimum absolute atomic E-state index is 0.0387. The third-order valence-corrected chi connectivity index (χ3v) is 5.48. The van der Waals surface area contributed by atoms with Crippen LogP contribution in [0.15, 0.2) is 48.5 Å². The second-order valence-electron chi connectivity index (χ2n) is 7.63. The second-order valence-corrected chi connectivity index (χ2v) is 7.63. The number of aryl methyl sites for hydroxylation is 1. The van der Waals surface area contributed by atoms with Crippen molar-refractivity contribution in [1.82, 2.24) is 15.2 Å². The molecule has 4 rings (SSSR count). The Hall–Kier alpha value is -3.08. The average molecular weight is 375 g/mol. The van der Waals surface area contributed by atoms with Gasteiger partial charge >= 0.3 is 0 Å². The van der Waals surface area contributed by atoms with Crippen LogP contribution < -0.4 is 5.32 Å². The highest BCUT2D eigenvalue weighted by Crippen LogP contribution is 2.36. The SMILES string of the molecule is CN(C)C(=O)c1cccc(CNC(=O)C2CCCc3c2[nH]c2ccccc32)c1. The summed E-state index contributed by atoms with van der Waals surface area (Å²) < 4.78 is 0. The zero-order valence-corrected chi connectivity index (χ0v) is 16.3. The molecule has 1 aromatic heterocycles. The molecular weight excluding hydrogens is 350 g/mol. The van der Waals surface area contributed by atoms with Gasteiger partial charge in [-0.3, -0.25) is 9.59 Å². The van der Waals surface area contributed by atoms with E-state index in [1.54, 1.807) is 25.1 Å². The van der Waals surface area contributed by atoms with Gasteiger partial charge in [0.1, 0.15) is 0 Å². The molecule has 0 bridgehead atoms. The number of benzene rings is 2. The van der Waals surface area contributed by atoms with Crippen molar-refractivity contribution in [3.63, 3.8) is 0 Å². The molecular formula is C23H25N3O2. The minimum Gasteiger partial charge on any atom is -0.357 e. The fraction of sp³-hybridized carbons (Fsp3) is 0.304. The number of aromatic nitrogens is 1. The summed E-state index contributed by atoms with van der Waals surface area (Å²) in [6.07, 6.45) is 2.88. The molecule has 1 aliphatic carbocycles. The Morgan fingerprint density at radius 1 is 1.14 bits per heavy atom. The van der Waals surface area contributed by atoms with Crippen molar-refractivity contribution in [2.75, 3.05) is 14.1 Å². The van der Waals surface area contributed by atoms with Crippen LogP contribution in [0, 0.1) is 0 Å². The van der Waals surface area contributed by atoms with Gasteiger partial charge < -0.3 is 15.2 Å². The van der Waals surface area contributed by atoms with Crippen LogP contribution in [-0.2, 0) is 17.8 Å². The quantitative estimate of drug-likeness (QED) is 0.732. The van der Waals surface area contributed by atoms with E-state index in [2.05, 4.69) is 22.4 Å². The topological polar surface area (TPSA) is 65.2 Å². The van der Waals surface area contributed by atoms with E-state index in [4.69, 9.17) is 0 Å². The van der Waals surface area contributed by atoms with E-state index >= 15 is 0 Å². The number of hydrogen-bond acceptors (Lipinski definition) is 2. The number of carbonyl (C=O) groups excluding carboxylic acids is 2. The standard InChI is InChI=1S/C23H25N3O2/c1-26(2)23(28)16-8-5-7-15(13-16)14-24-22(27)19-11-6-10-18-17-9-3-4-12-20(17)25-21(18)19/h3-5,7-9,12-13,19,25H,6,10-11,14H2,1-2H3,(H,24,27). The van der Waals surface area contributed by atoms with Crippen LogP contribution in [0.3, 0.4) is 0 Å². The molecule has 28 heavy (non-hydrogen) atoms. The molecule has 1 atom stereocenters. The van der Waals surface area contributed by atoms with Crippen molar-refractivity contribution in [1.29, 1.82) is 0 Å². The van der Waals surface area contributed by atoms with Gasteiger partial charge in [-0.2, -0.15) is 0 Å². The first kappa shape index (κ1) is 18.3. The summed E-state index contributed by atoms with van der Waals surface area (Å²) in [7, 11) is 3.47. The van der Waals surface area contributed by atoms with Gasteiger partial charge in [-0.05, 0) is 48.6 Å². The lowest BCUT2D eigenvalue weighted by Gasteiger charge is -2.22. The zero-order chi connectivity index (χ0) is 19.7. The smallest absolute Gasteiger partial charge is 0.253 e. The molecule has 0 radical (unpaired) electrons. The molecule has 2 aromatic carbocycles. The lowest BCUT2D eigenvalue weighted by atomic mass is 9.86. The van der Waals surface area contributed by atoms with Crippen molar-refractivity contribution in [3.05, 3.63) is 70.9 Å². The summed E-state index contributed by atoms with van der Waals surface area (Å²) in [6.45, 7) is 0.416. The summed E-state index contributed by atoms with van der Waals surface area (Å²) in [4.78, 5) is 30.1. The molecule has 1 heterocycles. The number of para-hydroxylation sites is 1. The van der Waals surface area contributed by atoms with E-state index < -0.39 is 0 Å². The first-order valence-corrected chi connectivity index (χ1v) is 9.72. The number of rotatable bonds is 4. The van der Waals surface area contributed by atoms with Crippen LogP contribution in [0.5, 0.6) is 0 Å². The number of nitrogens with one attached hydrogen (secondary N) is 2. The van der Waals surface area contributed by atoms with Crippen molar-refractivity contribution in [2.45, 2.75) is 31.7 Å². The van der Waals surface area contributed by atoms with Gasteiger partial charge in [-0.25, -0.2) is 0 Å². The molecule has 0 saturated heterocycles. The van der Waals surface area contributed by atoms with Crippen molar-refractivity contribution < 1.29 is 9.59 Å². The van der Waals surface area contributed by atoms with Gasteiger partial charge in [-0.1, -0.05) is 30.3 Å². The van der Waals surface area contributed by atoms with Crippen LogP contribution in [-0.4, -0.2) is 35.8 Å². The third kappa shape index (κ3) is 3.40. The number of nitrogens with zero attached hydrogens (tertiary/aromatic N) is 1. The Bertz CT molecular complexity index is 1040. The predicted molar refractivity (Wildman–Crippen MR) is 110 cm³/mol. The Kier molecular flexibility index (Phi) is 4.90. The molecule has 1 unspecified atom stereocenters. The molecule has 0 spiro atoms. The normalized spacial score (nSPS) is 15.9. The highest BCUT2D eigenvalue weighted by molar-refractivity contribution is 5.94. The maximum Gasteiger partial charge on any atom is 0.253 e. The Balaban J connectivity index is 1.50. The minimum atomic E-state index is -0.150. The Morgan fingerprint density at radius 2 is 1.96 bits per heavy atom. The molecule has 144 valence electrons. The number of carbonyl (C=O) groups is 2. The van der Waals surface area contributed by atoms with E-state index in [1.807, 2.05) is 30.3 Å². The first-order chi connectivity index (χ1) is 13.5. The summed E-state index contributed by atoms with van der Waals surface area (Å²) in [5.74, 6) is -0.150. The van der Waals surface area contributed by atoms with Crippen molar-refractivity contribution >= 4 is 22.7 Å². The second kappa shape index (κ2) is 7.50. The zero-order valence-electron chi connectivity index (χ0n) is 16.3.